The van der Waals surface area contributed by atoms with Gasteiger partial charge in [-0.25, -0.2) is 0 Å². The van der Waals surface area contributed by atoms with E-state index in [2.05, 4.69) is 5.32 Å². The van der Waals surface area contributed by atoms with Crippen LogP contribution in [-0.4, -0.2) is 11.8 Å². The average molecular weight is 379 g/mol. The van der Waals surface area contributed by atoms with E-state index in [4.69, 9.17) is 33.7 Å². The second-order valence-corrected chi connectivity index (χ2v) is 6.73. The highest BCUT2D eigenvalue weighted by molar-refractivity contribution is 6.32. The monoisotopic (exact) mass is 378 g/mol. The molecule has 2 aromatic rings. The fourth-order valence-corrected chi connectivity index (χ4v) is 2.86. The number of carbonyl (C=O) groups is 2. The molecule has 7 heteroatoms. The molecule has 130 valence electrons. The summed E-state index contributed by atoms with van der Waals surface area (Å²) in [6.07, 6.45) is 0.985. The lowest BCUT2D eigenvalue weighted by Crippen LogP contribution is -2.40. The smallest absolute Gasteiger partial charge is 0.235 e. The van der Waals surface area contributed by atoms with Crippen molar-refractivity contribution in [3.63, 3.8) is 0 Å². The van der Waals surface area contributed by atoms with Crippen LogP contribution in [0.15, 0.2) is 42.5 Å². The van der Waals surface area contributed by atoms with Gasteiger partial charge in [-0.05, 0) is 42.7 Å². The summed E-state index contributed by atoms with van der Waals surface area (Å²) >= 11 is 12.3. The lowest BCUT2D eigenvalue weighted by atomic mass is 10.1. The first-order chi connectivity index (χ1) is 11.9. The van der Waals surface area contributed by atoms with Crippen LogP contribution in [-0.2, 0) is 16.1 Å². The van der Waals surface area contributed by atoms with Crippen LogP contribution in [0.3, 0.4) is 0 Å². The third kappa shape index (κ3) is 3.72. The summed E-state index contributed by atoms with van der Waals surface area (Å²) in [6, 6.07) is 12.2. The minimum absolute atomic E-state index is 0.207. The van der Waals surface area contributed by atoms with Crippen molar-refractivity contribution < 1.29 is 14.3 Å². The van der Waals surface area contributed by atoms with Gasteiger partial charge >= 0.3 is 0 Å². The summed E-state index contributed by atoms with van der Waals surface area (Å²) in [6.45, 7) is 0.207. The predicted molar refractivity (Wildman–Crippen MR) is 95.7 cm³/mol. The number of hydrogen-bond donors (Lipinski definition) is 2. The largest absolute Gasteiger partial charge is 0.456 e. The number of hydrogen-bond acceptors (Lipinski definition) is 3. The Morgan fingerprint density at radius 3 is 2.44 bits per heavy atom. The number of halogens is 2. The van der Waals surface area contributed by atoms with Gasteiger partial charge in [0.15, 0.2) is 0 Å². The van der Waals surface area contributed by atoms with Crippen LogP contribution in [0.25, 0.3) is 0 Å². The molecular formula is C18H16Cl2N2O3. The molecular weight excluding hydrogens is 363 g/mol. The Morgan fingerprint density at radius 1 is 1.12 bits per heavy atom. The summed E-state index contributed by atoms with van der Waals surface area (Å²) in [5.74, 6) is 0.120. The highest BCUT2D eigenvalue weighted by Crippen LogP contribution is 2.45. The first-order valence-electron chi connectivity index (χ1n) is 7.71. The Labute approximate surface area is 155 Å². The van der Waals surface area contributed by atoms with Crippen molar-refractivity contribution in [2.24, 2.45) is 11.1 Å². The summed E-state index contributed by atoms with van der Waals surface area (Å²) in [5, 5.41) is 3.65. The Morgan fingerprint density at radius 2 is 1.84 bits per heavy atom. The van der Waals surface area contributed by atoms with Gasteiger partial charge in [-0.3, -0.25) is 9.59 Å². The molecule has 3 rings (SSSR count). The maximum atomic E-state index is 12.1. The van der Waals surface area contributed by atoms with E-state index >= 15 is 0 Å². The molecule has 0 unspecified atom stereocenters. The van der Waals surface area contributed by atoms with Crippen LogP contribution in [0, 0.1) is 5.41 Å². The minimum Gasteiger partial charge on any atom is -0.456 e. The molecule has 5 nitrogen and oxygen atoms in total. The molecule has 1 fully saturated rings. The SMILES string of the molecule is NC(=O)C1(C(=O)NCc2ccc(Oc3ccccc3Cl)cc2Cl)CC1. The van der Waals surface area contributed by atoms with Crippen molar-refractivity contribution in [1.29, 1.82) is 0 Å². The summed E-state index contributed by atoms with van der Waals surface area (Å²) in [4.78, 5) is 23.5. The quantitative estimate of drug-likeness (QED) is 0.752. The van der Waals surface area contributed by atoms with Crippen molar-refractivity contribution >= 4 is 35.0 Å². The van der Waals surface area contributed by atoms with Crippen LogP contribution in [0.5, 0.6) is 11.5 Å². The van der Waals surface area contributed by atoms with E-state index in [0.717, 1.165) is 0 Å². The molecule has 0 atom stereocenters. The van der Waals surface area contributed by atoms with Gasteiger partial charge in [-0.15, -0.1) is 0 Å². The van der Waals surface area contributed by atoms with Crippen molar-refractivity contribution in [3.8, 4) is 11.5 Å². The second kappa shape index (κ2) is 6.94. The summed E-state index contributed by atoms with van der Waals surface area (Å²) in [7, 11) is 0. The Hall–Kier alpha value is -2.24. The van der Waals surface area contributed by atoms with Gasteiger partial charge in [0.2, 0.25) is 11.8 Å². The van der Waals surface area contributed by atoms with Crippen molar-refractivity contribution in [3.05, 3.63) is 58.1 Å². The molecule has 3 N–H and O–H groups in total. The van der Waals surface area contributed by atoms with Crippen LogP contribution < -0.4 is 15.8 Å². The molecule has 0 aliphatic heterocycles. The molecule has 2 amide bonds. The van der Waals surface area contributed by atoms with Crippen LogP contribution in [0.1, 0.15) is 18.4 Å². The zero-order chi connectivity index (χ0) is 18.0. The number of carbonyl (C=O) groups excluding carboxylic acids is 2. The van der Waals surface area contributed by atoms with Crippen LogP contribution in [0.2, 0.25) is 10.0 Å². The third-order valence-corrected chi connectivity index (χ3v) is 4.85. The number of ether oxygens (including phenoxy) is 1. The van der Waals surface area contributed by atoms with E-state index in [1.807, 2.05) is 12.1 Å². The molecule has 1 aliphatic rings. The Bertz CT molecular complexity index is 835. The van der Waals surface area contributed by atoms with Crippen LogP contribution >= 0.6 is 23.2 Å². The molecule has 1 saturated carbocycles. The van der Waals surface area contributed by atoms with Crippen LogP contribution in [0.4, 0.5) is 0 Å². The van der Waals surface area contributed by atoms with E-state index in [0.29, 0.717) is 39.9 Å². The molecule has 2 aromatic carbocycles. The highest BCUT2D eigenvalue weighted by Gasteiger charge is 2.55. The molecule has 0 spiro atoms. The minimum atomic E-state index is -1.04. The molecule has 0 heterocycles. The lowest BCUT2D eigenvalue weighted by Gasteiger charge is -2.13. The molecule has 25 heavy (non-hydrogen) atoms. The standard InChI is InChI=1S/C18H16Cl2N2O3/c19-13-3-1-2-4-15(13)25-12-6-5-11(14(20)9-12)10-22-17(24)18(7-8-18)16(21)23/h1-6,9H,7-8,10H2,(H2,21,23)(H,22,24). The first-order valence-corrected chi connectivity index (χ1v) is 8.47. The number of nitrogens with one attached hydrogen (secondary N) is 1. The third-order valence-electron chi connectivity index (χ3n) is 4.18. The number of rotatable bonds is 6. The van der Waals surface area contributed by atoms with E-state index in [9.17, 15) is 9.59 Å². The van der Waals surface area contributed by atoms with Gasteiger partial charge in [0, 0.05) is 11.6 Å². The zero-order valence-corrected chi connectivity index (χ0v) is 14.7. The average Bonchev–Trinajstić information content (AvgIpc) is 3.38. The maximum Gasteiger partial charge on any atom is 0.235 e. The van der Waals surface area contributed by atoms with E-state index in [-0.39, 0.29) is 12.5 Å². The number of para-hydroxylation sites is 1. The molecule has 1 aliphatic carbocycles. The van der Waals surface area contributed by atoms with Gasteiger partial charge in [0.05, 0.1) is 5.02 Å². The molecule has 0 saturated heterocycles. The van der Waals surface area contributed by atoms with E-state index in [1.165, 1.54) is 0 Å². The summed E-state index contributed by atoms with van der Waals surface area (Å²) < 4.78 is 5.70. The van der Waals surface area contributed by atoms with Gasteiger partial charge < -0.3 is 15.8 Å². The summed E-state index contributed by atoms with van der Waals surface area (Å²) in [5.41, 5.74) is 4.95. The maximum absolute atomic E-state index is 12.1. The van der Waals surface area contributed by atoms with Gasteiger partial charge in [-0.2, -0.15) is 0 Å². The number of benzene rings is 2. The fourth-order valence-electron chi connectivity index (χ4n) is 2.44. The zero-order valence-electron chi connectivity index (χ0n) is 13.2. The predicted octanol–water partition coefficient (Wildman–Crippen LogP) is 3.67. The number of amides is 2. The second-order valence-electron chi connectivity index (χ2n) is 5.91. The topological polar surface area (TPSA) is 81.4 Å². The van der Waals surface area contributed by atoms with E-state index in [1.54, 1.807) is 30.3 Å². The normalized spacial score (nSPS) is 14.6. The van der Waals surface area contributed by atoms with Crippen molar-refractivity contribution in [1.82, 2.24) is 5.32 Å². The lowest BCUT2D eigenvalue weighted by molar-refractivity contribution is -0.135. The number of primary amides is 1. The first kappa shape index (κ1) is 17.6. The Balaban J connectivity index is 1.65. The number of nitrogens with two attached hydrogens (primary N) is 1. The van der Waals surface area contributed by atoms with Gasteiger partial charge in [0.25, 0.3) is 0 Å². The molecule has 0 radical (unpaired) electrons. The van der Waals surface area contributed by atoms with Crippen molar-refractivity contribution in [2.45, 2.75) is 19.4 Å². The van der Waals surface area contributed by atoms with Gasteiger partial charge in [0.1, 0.15) is 16.9 Å². The molecule has 0 aromatic heterocycles. The van der Waals surface area contributed by atoms with Gasteiger partial charge in [-0.1, -0.05) is 41.4 Å². The van der Waals surface area contributed by atoms with Crippen molar-refractivity contribution in [2.75, 3.05) is 0 Å². The fraction of sp³-hybridized carbons (Fsp3) is 0.222. The Kier molecular flexibility index (Phi) is 4.88. The van der Waals surface area contributed by atoms with E-state index < -0.39 is 11.3 Å². The molecule has 0 bridgehead atoms. The highest BCUT2D eigenvalue weighted by atomic mass is 35.5.